The standard InChI is InChI=1S/C21H21N5O3/c1-14(15-6-4-3-5-7-15)22-19(27)18-20(28)26-13-12-25(21(26)24-23-18)16-8-10-17(29-2)11-9-16/h3-11,14H,12-13H2,1-2H3,(H,22,27). The number of hydrogen-bond donors (Lipinski definition) is 1. The van der Waals surface area contributed by atoms with E-state index >= 15 is 0 Å². The molecule has 0 bridgehead atoms. The van der Waals surface area contributed by atoms with Gasteiger partial charge in [-0.2, -0.15) is 0 Å². The van der Waals surface area contributed by atoms with E-state index < -0.39 is 11.5 Å². The summed E-state index contributed by atoms with van der Waals surface area (Å²) in [5.41, 5.74) is 1.18. The van der Waals surface area contributed by atoms with Crippen LogP contribution in [-0.4, -0.2) is 34.3 Å². The van der Waals surface area contributed by atoms with E-state index in [9.17, 15) is 9.59 Å². The lowest BCUT2D eigenvalue weighted by molar-refractivity contribution is 0.0931. The van der Waals surface area contributed by atoms with Gasteiger partial charge in [0, 0.05) is 18.8 Å². The number of methoxy groups -OCH3 is 1. The molecular weight excluding hydrogens is 370 g/mol. The van der Waals surface area contributed by atoms with Gasteiger partial charge in [0.2, 0.25) is 11.6 Å². The molecule has 1 N–H and O–H groups in total. The molecule has 1 aliphatic rings. The first kappa shape index (κ1) is 18.7. The Morgan fingerprint density at radius 1 is 1.07 bits per heavy atom. The normalized spacial score (nSPS) is 13.7. The van der Waals surface area contributed by atoms with Crippen LogP contribution in [-0.2, 0) is 6.54 Å². The molecule has 148 valence electrons. The first-order valence-corrected chi connectivity index (χ1v) is 9.33. The molecule has 1 atom stereocenters. The van der Waals surface area contributed by atoms with Crippen LogP contribution in [0.1, 0.15) is 29.0 Å². The van der Waals surface area contributed by atoms with Gasteiger partial charge in [0.05, 0.1) is 13.2 Å². The molecule has 1 amide bonds. The number of carbonyl (C=O) groups is 1. The number of benzene rings is 2. The van der Waals surface area contributed by atoms with Crippen molar-refractivity contribution in [3.05, 3.63) is 76.2 Å². The quantitative estimate of drug-likeness (QED) is 0.718. The fourth-order valence-corrected chi connectivity index (χ4v) is 3.35. The number of rotatable bonds is 5. The third kappa shape index (κ3) is 3.56. The van der Waals surface area contributed by atoms with Crippen LogP contribution in [0.4, 0.5) is 11.6 Å². The van der Waals surface area contributed by atoms with E-state index in [1.54, 1.807) is 7.11 Å². The second-order valence-electron chi connectivity index (χ2n) is 6.76. The molecule has 1 unspecified atom stereocenters. The van der Waals surface area contributed by atoms with Crippen LogP contribution in [0.25, 0.3) is 0 Å². The van der Waals surface area contributed by atoms with Crippen LogP contribution in [0.3, 0.4) is 0 Å². The summed E-state index contributed by atoms with van der Waals surface area (Å²) < 4.78 is 6.67. The highest BCUT2D eigenvalue weighted by atomic mass is 16.5. The number of nitrogens with one attached hydrogen (secondary N) is 1. The molecule has 3 aromatic rings. The summed E-state index contributed by atoms with van der Waals surface area (Å²) in [6.07, 6.45) is 0. The van der Waals surface area contributed by atoms with E-state index in [-0.39, 0.29) is 11.7 Å². The summed E-state index contributed by atoms with van der Waals surface area (Å²) >= 11 is 0. The van der Waals surface area contributed by atoms with Crippen molar-refractivity contribution in [1.29, 1.82) is 0 Å². The van der Waals surface area contributed by atoms with Gasteiger partial charge in [0.15, 0.2) is 0 Å². The zero-order chi connectivity index (χ0) is 20.4. The summed E-state index contributed by atoms with van der Waals surface area (Å²) in [5.74, 6) is 0.640. The highest BCUT2D eigenvalue weighted by molar-refractivity contribution is 5.92. The van der Waals surface area contributed by atoms with E-state index in [0.29, 0.717) is 19.0 Å². The summed E-state index contributed by atoms with van der Waals surface area (Å²) in [6.45, 7) is 2.86. The number of carbonyl (C=O) groups excluding carboxylic acids is 1. The predicted molar refractivity (Wildman–Crippen MR) is 109 cm³/mol. The van der Waals surface area contributed by atoms with Crippen LogP contribution in [0.2, 0.25) is 0 Å². The molecule has 0 saturated heterocycles. The monoisotopic (exact) mass is 391 g/mol. The van der Waals surface area contributed by atoms with Gasteiger partial charge < -0.3 is 15.0 Å². The Hall–Kier alpha value is -3.68. The Morgan fingerprint density at radius 2 is 1.79 bits per heavy atom. The molecule has 4 rings (SSSR count). The van der Waals surface area contributed by atoms with Gasteiger partial charge in [-0.15, -0.1) is 10.2 Å². The van der Waals surface area contributed by atoms with Crippen LogP contribution in [0.15, 0.2) is 59.4 Å². The van der Waals surface area contributed by atoms with Crippen molar-refractivity contribution >= 4 is 17.5 Å². The maximum Gasteiger partial charge on any atom is 0.286 e. The molecule has 8 nitrogen and oxygen atoms in total. The highest BCUT2D eigenvalue weighted by Gasteiger charge is 2.27. The molecule has 2 heterocycles. The number of ether oxygens (including phenoxy) is 1. The van der Waals surface area contributed by atoms with Gasteiger partial charge in [0.25, 0.3) is 11.5 Å². The SMILES string of the molecule is COc1ccc(N2CCn3c2nnc(C(=O)NC(C)c2ccccc2)c3=O)cc1. The number of amides is 1. The number of aromatic nitrogens is 3. The smallest absolute Gasteiger partial charge is 0.286 e. The van der Waals surface area contributed by atoms with Crippen LogP contribution in [0.5, 0.6) is 5.75 Å². The van der Waals surface area contributed by atoms with E-state index in [0.717, 1.165) is 17.0 Å². The minimum absolute atomic E-state index is 0.201. The summed E-state index contributed by atoms with van der Waals surface area (Å²) in [5, 5.41) is 10.9. The molecular formula is C21H21N5O3. The second kappa shape index (κ2) is 7.75. The van der Waals surface area contributed by atoms with E-state index in [4.69, 9.17) is 4.74 Å². The first-order valence-electron chi connectivity index (χ1n) is 9.33. The van der Waals surface area contributed by atoms with Crippen LogP contribution in [0, 0.1) is 0 Å². The zero-order valence-corrected chi connectivity index (χ0v) is 16.2. The van der Waals surface area contributed by atoms with Crippen molar-refractivity contribution in [3.8, 4) is 5.75 Å². The van der Waals surface area contributed by atoms with Crippen molar-refractivity contribution in [2.75, 3.05) is 18.6 Å². The second-order valence-corrected chi connectivity index (χ2v) is 6.76. The fourth-order valence-electron chi connectivity index (χ4n) is 3.35. The maximum atomic E-state index is 12.9. The molecule has 0 aliphatic carbocycles. The Bertz CT molecular complexity index is 1080. The Labute approximate surface area is 167 Å². The Kier molecular flexibility index (Phi) is 4.99. The molecule has 29 heavy (non-hydrogen) atoms. The molecule has 0 radical (unpaired) electrons. The van der Waals surface area contributed by atoms with E-state index in [1.165, 1.54) is 4.57 Å². The van der Waals surface area contributed by atoms with Gasteiger partial charge in [0.1, 0.15) is 5.75 Å². The lowest BCUT2D eigenvalue weighted by Gasteiger charge is -2.17. The fraction of sp³-hybridized carbons (Fsp3) is 0.238. The van der Waals surface area contributed by atoms with Crippen molar-refractivity contribution in [1.82, 2.24) is 20.1 Å². The van der Waals surface area contributed by atoms with Crippen LogP contribution >= 0.6 is 0 Å². The first-order chi connectivity index (χ1) is 14.1. The molecule has 1 aromatic heterocycles. The van der Waals surface area contributed by atoms with E-state index in [2.05, 4.69) is 15.5 Å². The molecule has 1 aliphatic heterocycles. The van der Waals surface area contributed by atoms with Crippen molar-refractivity contribution in [3.63, 3.8) is 0 Å². The molecule has 0 spiro atoms. The number of anilines is 2. The summed E-state index contributed by atoms with van der Waals surface area (Å²) in [6, 6.07) is 16.8. The van der Waals surface area contributed by atoms with Gasteiger partial charge in [-0.05, 0) is 36.8 Å². The largest absolute Gasteiger partial charge is 0.497 e. The average Bonchev–Trinajstić information content (AvgIpc) is 3.19. The third-order valence-corrected chi connectivity index (χ3v) is 4.96. The Morgan fingerprint density at radius 3 is 2.48 bits per heavy atom. The minimum Gasteiger partial charge on any atom is -0.497 e. The molecule has 0 saturated carbocycles. The van der Waals surface area contributed by atoms with Gasteiger partial charge in [-0.25, -0.2) is 0 Å². The van der Waals surface area contributed by atoms with Gasteiger partial charge >= 0.3 is 0 Å². The lowest BCUT2D eigenvalue weighted by atomic mass is 10.1. The van der Waals surface area contributed by atoms with Gasteiger partial charge in [-0.1, -0.05) is 30.3 Å². The van der Waals surface area contributed by atoms with Crippen LogP contribution < -0.4 is 20.5 Å². The van der Waals surface area contributed by atoms with Crippen molar-refractivity contribution in [2.45, 2.75) is 19.5 Å². The van der Waals surface area contributed by atoms with E-state index in [1.807, 2.05) is 66.4 Å². The third-order valence-electron chi connectivity index (χ3n) is 4.96. The average molecular weight is 391 g/mol. The predicted octanol–water partition coefficient (Wildman–Crippen LogP) is 2.29. The zero-order valence-electron chi connectivity index (χ0n) is 16.2. The number of nitrogens with zero attached hydrogens (tertiary/aromatic N) is 4. The summed E-state index contributed by atoms with van der Waals surface area (Å²) in [4.78, 5) is 27.4. The summed E-state index contributed by atoms with van der Waals surface area (Å²) in [7, 11) is 1.61. The molecule has 0 fully saturated rings. The van der Waals surface area contributed by atoms with Crippen molar-refractivity contribution in [2.24, 2.45) is 0 Å². The number of fused-ring (bicyclic) bond motifs is 1. The van der Waals surface area contributed by atoms with Gasteiger partial charge in [-0.3, -0.25) is 14.2 Å². The molecule has 8 heteroatoms. The molecule has 2 aromatic carbocycles. The lowest BCUT2D eigenvalue weighted by Crippen LogP contribution is -2.36. The highest BCUT2D eigenvalue weighted by Crippen LogP contribution is 2.28. The number of hydrogen-bond acceptors (Lipinski definition) is 6. The minimum atomic E-state index is -0.531. The maximum absolute atomic E-state index is 12.9. The van der Waals surface area contributed by atoms with Crippen molar-refractivity contribution < 1.29 is 9.53 Å². The Balaban J connectivity index is 1.57. The topological polar surface area (TPSA) is 89.3 Å².